The van der Waals surface area contributed by atoms with Crippen LogP contribution in [-0.2, 0) is 14.8 Å². The van der Waals surface area contributed by atoms with Crippen LogP contribution in [0.4, 0.5) is 11.4 Å². The van der Waals surface area contributed by atoms with Gasteiger partial charge in [0.05, 0.1) is 30.5 Å². The highest BCUT2D eigenvalue weighted by Crippen LogP contribution is 2.29. The molecule has 0 unspecified atom stereocenters. The molecule has 1 amide bonds. The number of benzene rings is 3. The Morgan fingerprint density at radius 3 is 2.22 bits per heavy atom. The maximum Gasteiger partial charge on any atom is 0.337 e. The van der Waals surface area contributed by atoms with E-state index in [-0.39, 0.29) is 21.2 Å². The quantitative estimate of drug-likeness (QED) is 0.497. The molecule has 0 heterocycles. The second-order valence-electron chi connectivity index (χ2n) is 6.47. The van der Waals surface area contributed by atoms with Gasteiger partial charge in [-0.15, -0.1) is 0 Å². The van der Waals surface area contributed by atoms with E-state index in [1.807, 2.05) is 0 Å². The van der Waals surface area contributed by atoms with E-state index in [2.05, 4.69) is 14.8 Å². The lowest BCUT2D eigenvalue weighted by Gasteiger charge is -2.13. The van der Waals surface area contributed by atoms with Gasteiger partial charge in [-0.2, -0.15) is 0 Å². The third-order valence-corrected chi connectivity index (χ3v) is 6.25. The molecular formula is C22H19ClN2O6S. The number of esters is 1. The molecule has 0 saturated carbocycles. The number of carbonyl (C=O) groups excluding carboxylic acids is 2. The lowest BCUT2D eigenvalue weighted by Crippen LogP contribution is -2.17. The molecule has 0 spiro atoms. The fourth-order valence-electron chi connectivity index (χ4n) is 2.79. The van der Waals surface area contributed by atoms with Crippen molar-refractivity contribution >= 4 is 44.9 Å². The summed E-state index contributed by atoms with van der Waals surface area (Å²) < 4.78 is 38.1. The zero-order valence-electron chi connectivity index (χ0n) is 17.1. The number of amides is 1. The molecule has 0 radical (unpaired) electrons. The van der Waals surface area contributed by atoms with Crippen molar-refractivity contribution < 1.29 is 27.5 Å². The first kappa shape index (κ1) is 23.1. The molecule has 32 heavy (non-hydrogen) atoms. The summed E-state index contributed by atoms with van der Waals surface area (Å²) in [5.74, 6) is -0.726. The number of ether oxygens (including phenoxy) is 2. The van der Waals surface area contributed by atoms with Gasteiger partial charge in [-0.25, -0.2) is 13.2 Å². The van der Waals surface area contributed by atoms with Crippen molar-refractivity contribution in [2.24, 2.45) is 0 Å². The molecule has 0 saturated heterocycles. The molecule has 3 rings (SSSR count). The Morgan fingerprint density at radius 1 is 0.906 bits per heavy atom. The summed E-state index contributed by atoms with van der Waals surface area (Å²) in [6.07, 6.45) is 0. The zero-order valence-corrected chi connectivity index (χ0v) is 18.7. The van der Waals surface area contributed by atoms with Crippen molar-refractivity contribution in [1.29, 1.82) is 0 Å². The minimum absolute atomic E-state index is 0.0496. The van der Waals surface area contributed by atoms with E-state index in [4.69, 9.17) is 16.3 Å². The van der Waals surface area contributed by atoms with Gasteiger partial charge in [0.15, 0.2) is 0 Å². The van der Waals surface area contributed by atoms with E-state index >= 15 is 0 Å². The van der Waals surface area contributed by atoms with Crippen molar-refractivity contribution in [2.75, 3.05) is 24.3 Å². The van der Waals surface area contributed by atoms with Crippen LogP contribution in [0.25, 0.3) is 0 Å². The van der Waals surface area contributed by atoms with Crippen LogP contribution in [0.3, 0.4) is 0 Å². The predicted molar refractivity (Wildman–Crippen MR) is 121 cm³/mol. The van der Waals surface area contributed by atoms with Crippen LogP contribution in [0.15, 0.2) is 71.6 Å². The average Bonchev–Trinajstić information content (AvgIpc) is 2.79. The van der Waals surface area contributed by atoms with Crippen LogP contribution in [0.1, 0.15) is 20.7 Å². The molecule has 0 aromatic heterocycles. The molecule has 3 aromatic carbocycles. The Morgan fingerprint density at radius 2 is 1.56 bits per heavy atom. The van der Waals surface area contributed by atoms with Crippen LogP contribution < -0.4 is 14.8 Å². The Hall–Kier alpha value is -3.56. The van der Waals surface area contributed by atoms with Crippen molar-refractivity contribution in [3.63, 3.8) is 0 Å². The molecule has 0 aliphatic heterocycles. The Kier molecular flexibility index (Phi) is 7.01. The van der Waals surface area contributed by atoms with Crippen LogP contribution in [0.5, 0.6) is 5.75 Å². The number of hydrogen-bond acceptors (Lipinski definition) is 6. The first-order valence-electron chi connectivity index (χ1n) is 9.20. The van der Waals surface area contributed by atoms with E-state index in [0.29, 0.717) is 17.0 Å². The number of methoxy groups -OCH3 is 2. The molecule has 0 atom stereocenters. The standard InChI is InChI=1S/C22H19ClN2O6S/c1-30-19-6-4-3-5-18(19)25-32(28,29)20-13-15(9-12-17(20)23)21(26)24-16-10-7-14(8-11-16)22(27)31-2/h3-13,25H,1-2H3,(H,24,26). The summed E-state index contributed by atoms with van der Waals surface area (Å²) in [4.78, 5) is 23.9. The lowest BCUT2D eigenvalue weighted by atomic mass is 10.2. The molecule has 166 valence electrons. The highest BCUT2D eigenvalue weighted by atomic mass is 35.5. The van der Waals surface area contributed by atoms with Gasteiger partial charge in [0.25, 0.3) is 15.9 Å². The second-order valence-corrected chi connectivity index (χ2v) is 8.53. The summed E-state index contributed by atoms with van der Waals surface area (Å²) in [7, 11) is -1.43. The molecule has 0 fully saturated rings. The molecule has 0 aliphatic carbocycles. The highest BCUT2D eigenvalue weighted by molar-refractivity contribution is 7.92. The molecule has 2 N–H and O–H groups in total. The summed E-state index contributed by atoms with van der Waals surface area (Å²) in [6, 6.07) is 16.5. The Balaban J connectivity index is 1.84. The van der Waals surface area contributed by atoms with Gasteiger partial charge in [0.1, 0.15) is 10.6 Å². The van der Waals surface area contributed by atoms with Crippen LogP contribution in [0.2, 0.25) is 5.02 Å². The number of carbonyl (C=O) groups is 2. The Labute approximate surface area is 190 Å². The second kappa shape index (κ2) is 9.71. The van der Waals surface area contributed by atoms with Gasteiger partial charge in [0, 0.05) is 11.3 Å². The molecule has 3 aromatic rings. The predicted octanol–water partition coefficient (Wildman–Crippen LogP) is 4.19. The minimum atomic E-state index is -4.12. The van der Waals surface area contributed by atoms with E-state index < -0.39 is 21.9 Å². The number of nitrogens with one attached hydrogen (secondary N) is 2. The van der Waals surface area contributed by atoms with E-state index in [9.17, 15) is 18.0 Å². The van der Waals surface area contributed by atoms with E-state index in [0.717, 1.165) is 0 Å². The largest absolute Gasteiger partial charge is 0.495 e. The third-order valence-electron chi connectivity index (χ3n) is 4.40. The molecule has 8 nitrogen and oxygen atoms in total. The van der Waals surface area contributed by atoms with Crippen LogP contribution >= 0.6 is 11.6 Å². The SMILES string of the molecule is COC(=O)c1ccc(NC(=O)c2ccc(Cl)c(S(=O)(=O)Nc3ccccc3OC)c2)cc1. The fraction of sp³-hybridized carbons (Fsp3) is 0.0909. The lowest BCUT2D eigenvalue weighted by molar-refractivity contribution is 0.0600. The fourth-order valence-corrected chi connectivity index (χ4v) is 4.39. The number of halogens is 1. The summed E-state index contributed by atoms with van der Waals surface area (Å²) in [5.41, 5.74) is 1.04. The van der Waals surface area contributed by atoms with Gasteiger partial charge in [0.2, 0.25) is 0 Å². The van der Waals surface area contributed by atoms with Gasteiger partial charge in [-0.1, -0.05) is 23.7 Å². The van der Waals surface area contributed by atoms with Crippen LogP contribution in [0, 0.1) is 0 Å². The topological polar surface area (TPSA) is 111 Å². The van der Waals surface area contributed by atoms with Crippen molar-refractivity contribution in [3.05, 3.63) is 82.9 Å². The van der Waals surface area contributed by atoms with Crippen molar-refractivity contribution in [1.82, 2.24) is 0 Å². The number of para-hydroxylation sites is 2. The smallest absolute Gasteiger partial charge is 0.337 e. The minimum Gasteiger partial charge on any atom is -0.495 e. The Bertz CT molecular complexity index is 1260. The molecule has 0 bridgehead atoms. The van der Waals surface area contributed by atoms with Crippen LogP contribution in [-0.4, -0.2) is 34.5 Å². The maximum absolute atomic E-state index is 12.9. The number of hydrogen-bond donors (Lipinski definition) is 2. The highest BCUT2D eigenvalue weighted by Gasteiger charge is 2.22. The summed E-state index contributed by atoms with van der Waals surface area (Å²) >= 11 is 6.12. The first-order valence-corrected chi connectivity index (χ1v) is 11.1. The third kappa shape index (κ3) is 5.19. The maximum atomic E-state index is 12.9. The van der Waals surface area contributed by atoms with Crippen molar-refractivity contribution in [3.8, 4) is 5.75 Å². The summed E-state index contributed by atoms with van der Waals surface area (Å²) in [6.45, 7) is 0. The van der Waals surface area contributed by atoms with Gasteiger partial charge >= 0.3 is 5.97 Å². The van der Waals surface area contributed by atoms with Crippen molar-refractivity contribution in [2.45, 2.75) is 4.90 Å². The van der Waals surface area contributed by atoms with E-state index in [1.165, 1.54) is 56.7 Å². The monoisotopic (exact) mass is 474 g/mol. The molecule has 10 heteroatoms. The van der Waals surface area contributed by atoms with Gasteiger partial charge in [-0.3, -0.25) is 9.52 Å². The number of rotatable bonds is 7. The number of anilines is 2. The molecular weight excluding hydrogens is 456 g/mol. The zero-order chi connectivity index (χ0) is 23.3. The van der Waals surface area contributed by atoms with Gasteiger partial charge < -0.3 is 14.8 Å². The summed E-state index contributed by atoms with van der Waals surface area (Å²) in [5, 5.41) is 2.59. The normalized spacial score (nSPS) is 10.8. The average molecular weight is 475 g/mol. The first-order chi connectivity index (χ1) is 15.2. The van der Waals surface area contributed by atoms with Gasteiger partial charge in [-0.05, 0) is 54.6 Å². The molecule has 0 aliphatic rings. The number of sulfonamides is 1. The van der Waals surface area contributed by atoms with E-state index in [1.54, 1.807) is 24.3 Å².